The summed E-state index contributed by atoms with van der Waals surface area (Å²) in [5, 5.41) is 6.38. The number of carbonyl (C=O) groups is 1. The normalized spacial score (nSPS) is 11.7. The number of hydrogen-bond acceptors (Lipinski definition) is 1. The standard InChI is InChI=1S/C12H14Cl2N2O/c1-3-6-15-12(17)16-8(2)9-4-5-10(13)11(14)7-9/h3-5,7-8H,1,6H2,2H3,(H2,15,16,17)/t8-/m0/s1. The van der Waals surface area contributed by atoms with Crippen molar-refractivity contribution in [2.45, 2.75) is 13.0 Å². The molecule has 1 atom stereocenters. The minimum absolute atomic E-state index is 0.144. The molecule has 92 valence electrons. The first-order valence-electron chi connectivity index (χ1n) is 5.14. The number of benzene rings is 1. The van der Waals surface area contributed by atoms with E-state index in [1.165, 1.54) is 0 Å². The zero-order valence-corrected chi connectivity index (χ0v) is 11.0. The van der Waals surface area contributed by atoms with Crippen molar-refractivity contribution in [2.75, 3.05) is 6.54 Å². The Morgan fingerprint density at radius 2 is 2.18 bits per heavy atom. The van der Waals surface area contributed by atoms with Crippen molar-refractivity contribution in [3.63, 3.8) is 0 Å². The van der Waals surface area contributed by atoms with E-state index in [0.29, 0.717) is 16.6 Å². The van der Waals surface area contributed by atoms with Crippen molar-refractivity contribution in [3.8, 4) is 0 Å². The number of hydrogen-bond donors (Lipinski definition) is 2. The molecule has 17 heavy (non-hydrogen) atoms. The van der Waals surface area contributed by atoms with Gasteiger partial charge in [0.1, 0.15) is 0 Å². The van der Waals surface area contributed by atoms with E-state index in [0.717, 1.165) is 5.56 Å². The Morgan fingerprint density at radius 1 is 1.47 bits per heavy atom. The van der Waals surface area contributed by atoms with Gasteiger partial charge in [-0.3, -0.25) is 0 Å². The lowest BCUT2D eigenvalue weighted by Crippen LogP contribution is -2.37. The van der Waals surface area contributed by atoms with Gasteiger partial charge in [0.15, 0.2) is 0 Å². The zero-order valence-electron chi connectivity index (χ0n) is 9.47. The predicted molar refractivity (Wildman–Crippen MR) is 71.6 cm³/mol. The number of carbonyl (C=O) groups excluding carboxylic acids is 1. The van der Waals surface area contributed by atoms with Gasteiger partial charge < -0.3 is 10.6 Å². The van der Waals surface area contributed by atoms with E-state index in [2.05, 4.69) is 17.2 Å². The smallest absolute Gasteiger partial charge is 0.315 e. The van der Waals surface area contributed by atoms with E-state index >= 15 is 0 Å². The molecule has 1 rings (SSSR count). The van der Waals surface area contributed by atoms with E-state index in [9.17, 15) is 4.79 Å². The molecule has 0 heterocycles. The van der Waals surface area contributed by atoms with Gasteiger partial charge in [-0.05, 0) is 24.6 Å². The summed E-state index contributed by atoms with van der Waals surface area (Å²) < 4.78 is 0. The zero-order chi connectivity index (χ0) is 12.8. The summed E-state index contributed by atoms with van der Waals surface area (Å²) in [5.41, 5.74) is 0.896. The van der Waals surface area contributed by atoms with Crippen LogP contribution in [0.5, 0.6) is 0 Å². The third-order valence-electron chi connectivity index (χ3n) is 2.20. The molecular weight excluding hydrogens is 259 g/mol. The Hall–Kier alpha value is -1.19. The fourth-order valence-corrected chi connectivity index (χ4v) is 1.58. The molecule has 0 radical (unpaired) electrons. The number of urea groups is 1. The highest BCUT2D eigenvalue weighted by Gasteiger charge is 2.10. The minimum Gasteiger partial charge on any atom is -0.335 e. The summed E-state index contributed by atoms with van der Waals surface area (Å²) in [7, 11) is 0. The van der Waals surface area contributed by atoms with Crippen LogP contribution in [0.3, 0.4) is 0 Å². The van der Waals surface area contributed by atoms with E-state index in [1.807, 2.05) is 13.0 Å². The van der Waals surface area contributed by atoms with Crippen molar-refractivity contribution in [3.05, 3.63) is 46.5 Å². The maximum absolute atomic E-state index is 11.4. The van der Waals surface area contributed by atoms with Gasteiger partial charge in [-0.15, -0.1) is 6.58 Å². The van der Waals surface area contributed by atoms with Crippen LogP contribution in [0.15, 0.2) is 30.9 Å². The van der Waals surface area contributed by atoms with Crippen LogP contribution in [0.25, 0.3) is 0 Å². The lowest BCUT2D eigenvalue weighted by Gasteiger charge is -2.15. The molecule has 3 nitrogen and oxygen atoms in total. The highest BCUT2D eigenvalue weighted by atomic mass is 35.5. The van der Waals surface area contributed by atoms with E-state index in [-0.39, 0.29) is 12.1 Å². The van der Waals surface area contributed by atoms with Gasteiger partial charge >= 0.3 is 6.03 Å². The van der Waals surface area contributed by atoms with Crippen LogP contribution in [0.1, 0.15) is 18.5 Å². The third kappa shape index (κ3) is 4.29. The molecule has 2 N–H and O–H groups in total. The lowest BCUT2D eigenvalue weighted by atomic mass is 10.1. The number of halogens is 2. The summed E-state index contributed by atoms with van der Waals surface area (Å²) in [4.78, 5) is 11.4. The highest BCUT2D eigenvalue weighted by molar-refractivity contribution is 6.42. The van der Waals surface area contributed by atoms with E-state index in [1.54, 1.807) is 18.2 Å². The van der Waals surface area contributed by atoms with Gasteiger partial charge in [0.25, 0.3) is 0 Å². The fraction of sp³-hybridized carbons (Fsp3) is 0.250. The predicted octanol–water partition coefficient (Wildman–Crippen LogP) is 3.54. The Kier molecular flexibility index (Phi) is 5.32. The Morgan fingerprint density at radius 3 is 2.76 bits per heavy atom. The maximum Gasteiger partial charge on any atom is 0.315 e. The first-order valence-corrected chi connectivity index (χ1v) is 5.90. The third-order valence-corrected chi connectivity index (χ3v) is 2.94. The topological polar surface area (TPSA) is 41.1 Å². The van der Waals surface area contributed by atoms with Crippen LogP contribution in [0.4, 0.5) is 4.79 Å². The molecule has 1 aromatic carbocycles. The van der Waals surface area contributed by atoms with Gasteiger partial charge in [-0.25, -0.2) is 4.79 Å². The molecule has 0 spiro atoms. The quantitative estimate of drug-likeness (QED) is 0.809. The first kappa shape index (κ1) is 13.9. The Balaban J connectivity index is 2.63. The summed E-state index contributed by atoms with van der Waals surface area (Å²) in [6.45, 7) is 5.82. The van der Waals surface area contributed by atoms with Gasteiger partial charge in [-0.1, -0.05) is 35.3 Å². The minimum atomic E-state index is -0.247. The van der Waals surface area contributed by atoms with Gasteiger partial charge in [0.05, 0.1) is 16.1 Å². The second-order valence-corrected chi connectivity index (χ2v) is 4.35. The highest BCUT2D eigenvalue weighted by Crippen LogP contribution is 2.25. The average Bonchev–Trinajstić information content (AvgIpc) is 2.30. The van der Waals surface area contributed by atoms with Crippen molar-refractivity contribution >= 4 is 29.2 Å². The molecule has 5 heteroatoms. The second kappa shape index (κ2) is 6.52. The number of nitrogens with one attached hydrogen (secondary N) is 2. The lowest BCUT2D eigenvalue weighted by molar-refractivity contribution is 0.239. The van der Waals surface area contributed by atoms with Crippen LogP contribution in [-0.4, -0.2) is 12.6 Å². The first-order chi connectivity index (χ1) is 8.04. The molecule has 0 unspecified atom stereocenters. The largest absolute Gasteiger partial charge is 0.335 e. The van der Waals surface area contributed by atoms with Crippen LogP contribution in [0.2, 0.25) is 10.0 Å². The molecular formula is C12H14Cl2N2O. The molecule has 2 amide bonds. The van der Waals surface area contributed by atoms with Gasteiger partial charge in [0, 0.05) is 6.54 Å². The van der Waals surface area contributed by atoms with Crippen molar-refractivity contribution < 1.29 is 4.79 Å². The van der Waals surface area contributed by atoms with Crippen LogP contribution < -0.4 is 10.6 Å². The summed E-state index contributed by atoms with van der Waals surface area (Å²) >= 11 is 11.7. The second-order valence-electron chi connectivity index (χ2n) is 3.54. The molecule has 1 aromatic rings. The molecule has 0 aromatic heterocycles. The van der Waals surface area contributed by atoms with Crippen molar-refractivity contribution in [2.24, 2.45) is 0 Å². The monoisotopic (exact) mass is 272 g/mol. The molecule has 0 bridgehead atoms. The fourth-order valence-electron chi connectivity index (χ4n) is 1.28. The Bertz CT molecular complexity index is 421. The maximum atomic E-state index is 11.4. The molecule has 0 saturated heterocycles. The summed E-state index contributed by atoms with van der Waals surface area (Å²) in [6.07, 6.45) is 1.61. The van der Waals surface area contributed by atoms with Gasteiger partial charge in [-0.2, -0.15) is 0 Å². The van der Waals surface area contributed by atoms with Crippen LogP contribution >= 0.6 is 23.2 Å². The molecule has 0 aliphatic heterocycles. The van der Waals surface area contributed by atoms with Crippen molar-refractivity contribution in [1.29, 1.82) is 0 Å². The SMILES string of the molecule is C=CCNC(=O)N[C@@H](C)c1ccc(Cl)c(Cl)c1. The van der Waals surface area contributed by atoms with E-state index in [4.69, 9.17) is 23.2 Å². The molecule has 0 aliphatic rings. The van der Waals surface area contributed by atoms with E-state index < -0.39 is 0 Å². The van der Waals surface area contributed by atoms with Crippen molar-refractivity contribution in [1.82, 2.24) is 10.6 Å². The number of rotatable bonds is 4. The van der Waals surface area contributed by atoms with Crippen LogP contribution in [-0.2, 0) is 0 Å². The van der Waals surface area contributed by atoms with Gasteiger partial charge in [0.2, 0.25) is 0 Å². The van der Waals surface area contributed by atoms with Crippen LogP contribution in [0, 0.1) is 0 Å². The molecule has 0 aliphatic carbocycles. The summed E-state index contributed by atoms with van der Waals surface area (Å²) in [6, 6.07) is 4.88. The summed E-state index contributed by atoms with van der Waals surface area (Å²) in [5.74, 6) is 0. The molecule has 0 saturated carbocycles. The number of amides is 2. The Labute approximate surface area is 111 Å². The average molecular weight is 273 g/mol. The molecule has 0 fully saturated rings.